The van der Waals surface area contributed by atoms with Crippen molar-refractivity contribution in [3.05, 3.63) is 0 Å². The number of carbonyl (C=O) groups excluding carboxylic acids is 1. The zero-order valence-corrected chi connectivity index (χ0v) is 10.5. The van der Waals surface area contributed by atoms with Crippen LogP contribution in [0.5, 0.6) is 0 Å². The number of hydrogen-bond acceptors (Lipinski definition) is 4. The van der Waals surface area contributed by atoms with Gasteiger partial charge in [0.05, 0.1) is 6.61 Å². The summed E-state index contributed by atoms with van der Waals surface area (Å²) in [5.74, 6) is -1.24. The number of nitrogens with one attached hydrogen (secondary N) is 2. The van der Waals surface area contributed by atoms with Crippen LogP contribution >= 0.6 is 11.8 Å². The number of amides is 2. The molecule has 98 valence electrons. The molecule has 3 atom stereocenters. The van der Waals surface area contributed by atoms with E-state index in [1.807, 2.05) is 6.26 Å². The summed E-state index contributed by atoms with van der Waals surface area (Å²) in [5.41, 5.74) is 0. The van der Waals surface area contributed by atoms with Crippen LogP contribution < -0.4 is 10.6 Å². The van der Waals surface area contributed by atoms with E-state index in [1.165, 1.54) is 0 Å². The molecule has 1 aliphatic rings. The van der Waals surface area contributed by atoms with Crippen LogP contribution in [0.3, 0.4) is 0 Å². The number of urea groups is 1. The molecule has 0 heterocycles. The Labute approximate surface area is 104 Å². The lowest BCUT2D eigenvalue weighted by Crippen LogP contribution is -2.50. The van der Waals surface area contributed by atoms with Crippen molar-refractivity contribution in [2.75, 3.05) is 12.9 Å². The lowest BCUT2D eigenvalue weighted by molar-refractivity contribution is -0.140. The SMILES string of the molecule is CSC1CCC(NC(=O)NC(CO)C(=O)O)C1. The molecule has 0 spiro atoms. The van der Waals surface area contributed by atoms with Crippen LogP contribution in [0, 0.1) is 0 Å². The molecule has 0 saturated heterocycles. The Hall–Kier alpha value is -0.950. The molecule has 6 nitrogen and oxygen atoms in total. The Morgan fingerprint density at radius 1 is 1.47 bits per heavy atom. The van der Waals surface area contributed by atoms with E-state index in [0.717, 1.165) is 19.3 Å². The molecule has 17 heavy (non-hydrogen) atoms. The minimum Gasteiger partial charge on any atom is -0.480 e. The lowest BCUT2D eigenvalue weighted by Gasteiger charge is -2.16. The minimum absolute atomic E-state index is 0.0978. The number of aliphatic carboxylic acids is 1. The van der Waals surface area contributed by atoms with E-state index < -0.39 is 24.6 Å². The van der Waals surface area contributed by atoms with Gasteiger partial charge < -0.3 is 20.8 Å². The average Bonchev–Trinajstić information content (AvgIpc) is 2.73. The van der Waals surface area contributed by atoms with E-state index in [-0.39, 0.29) is 6.04 Å². The quantitative estimate of drug-likeness (QED) is 0.559. The summed E-state index contributed by atoms with van der Waals surface area (Å²) in [6.45, 7) is -0.610. The maximum atomic E-state index is 11.5. The second-order valence-corrected chi connectivity index (χ2v) is 5.20. The number of carbonyl (C=O) groups is 2. The highest BCUT2D eigenvalue weighted by molar-refractivity contribution is 7.99. The lowest BCUT2D eigenvalue weighted by atomic mass is 10.2. The van der Waals surface area contributed by atoms with E-state index in [4.69, 9.17) is 10.2 Å². The number of carboxylic acid groups (broad SMARTS) is 1. The average molecular weight is 262 g/mol. The molecule has 1 saturated carbocycles. The number of rotatable bonds is 5. The molecule has 2 amide bonds. The zero-order valence-electron chi connectivity index (χ0n) is 9.68. The van der Waals surface area contributed by atoms with Crippen molar-refractivity contribution in [3.63, 3.8) is 0 Å². The normalized spacial score (nSPS) is 25.3. The van der Waals surface area contributed by atoms with Crippen molar-refractivity contribution in [2.24, 2.45) is 0 Å². The van der Waals surface area contributed by atoms with Crippen LogP contribution in [-0.2, 0) is 4.79 Å². The molecule has 4 N–H and O–H groups in total. The first kappa shape index (κ1) is 14.1. The van der Waals surface area contributed by atoms with Crippen LogP contribution in [0.4, 0.5) is 4.79 Å². The van der Waals surface area contributed by atoms with Gasteiger partial charge in [0.1, 0.15) is 0 Å². The third-order valence-corrected chi connectivity index (χ3v) is 3.93. The maximum Gasteiger partial charge on any atom is 0.328 e. The van der Waals surface area contributed by atoms with Gasteiger partial charge in [-0.3, -0.25) is 0 Å². The van der Waals surface area contributed by atoms with Gasteiger partial charge in [0.2, 0.25) is 0 Å². The molecule has 0 aromatic heterocycles. The Balaban J connectivity index is 2.32. The first-order valence-corrected chi connectivity index (χ1v) is 6.79. The highest BCUT2D eigenvalue weighted by Gasteiger charge is 2.26. The van der Waals surface area contributed by atoms with Crippen molar-refractivity contribution in [3.8, 4) is 0 Å². The van der Waals surface area contributed by atoms with E-state index in [0.29, 0.717) is 5.25 Å². The van der Waals surface area contributed by atoms with E-state index in [9.17, 15) is 9.59 Å². The smallest absolute Gasteiger partial charge is 0.328 e. The molecule has 0 aliphatic heterocycles. The second-order valence-electron chi connectivity index (χ2n) is 4.06. The fourth-order valence-corrected chi connectivity index (χ4v) is 2.65. The number of hydrogen-bond donors (Lipinski definition) is 4. The predicted molar refractivity (Wildman–Crippen MR) is 65.1 cm³/mol. The first-order valence-electron chi connectivity index (χ1n) is 5.50. The molecule has 3 unspecified atom stereocenters. The van der Waals surface area contributed by atoms with Crippen molar-refractivity contribution in [1.82, 2.24) is 10.6 Å². The maximum absolute atomic E-state index is 11.5. The van der Waals surface area contributed by atoms with Crippen molar-refractivity contribution in [1.29, 1.82) is 0 Å². The van der Waals surface area contributed by atoms with Gasteiger partial charge in [0.15, 0.2) is 6.04 Å². The topological polar surface area (TPSA) is 98.7 Å². The van der Waals surface area contributed by atoms with Gasteiger partial charge in [0, 0.05) is 11.3 Å². The van der Waals surface area contributed by atoms with Gasteiger partial charge in [-0.25, -0.2) is 9.59 Å². The third kappa shape index (κ3) is 4.43. The van der Waals surface area contributed by atoms with Gasteiger partial charge in [0.25, 0.3) is 0 Å². The number of carboxylic acids is 1. The third-order valence-electron chi connectivity index (χ3n) is 2.84. The van der Waals surface area contributed by atoms with Crippen molar-refractivity contribution < 1.29 is 19.8 Å². The molecular weight excluding hydrogens is 244 g/mol. The molecular formula is C10H18N2O4S. The van der Waals surface area contributed by atoms with Gasteiger partial charge in [-0.1, -0.05) is 0 Å². The molecule has 1 aliphatic carbocycles. The highest BCUT2D eigenvalue weighted by atomic mass is 32.2. The van der Waals surface area contributed by atoms with Crippen LogP contribution in [0.1, 0.15) is 19.3 Å². The van der Waals surface area contributed by atoms with Gasteiger partial charge in [-0.05, 0) is 25.5 Å². The van der Waals surface area contributed by atoms with E-state index >= 15 is 0 Å². The fourth-order valence-electron chi connectivity index (χ4n) is 1.86. The Kier molecular flexibility index (Phi) is 5.57. The Morgan fingerprint density at radius 2 is 2.18 bits per heavy atom. The molecule has 0 aromatic rings. The molecule has 7 heteroatoms. The Morgan fingerprint density at radius 3 is 2.65 bits per heavy atom. The number of aliphatic hydroxyl groups excluding tert-OH is 1. The van der Waals surface area contributed by atoms with Crippen LogP contribution in [0.15, 0.2) is 0 Å². The summed E-state index contributed by atoms with van der Waals surface area (Å²) >= 11 is 1.78. The number of thioether (sulfide) groups is 1. The molecule has 1 fully saturated rings. The summed E-state index contributed by atoms with van der Waals surface area (Å²) < 4.78 is 0. The van der Waals surface area contributed by atoms with Crippen LogP contribution in [-0.4, -0.2) is 52.4 Å². The minimum atomic E-state index is -1.24. The monoisotopic (exact) mass is 262 g/mol. The summed E-state index contributed by atoms with van der Waals surface area (Å²) in [5, 5.41) is 22.9. The largest absolute Gasteiger partial charge is 0.480 e. The second kappa shape index (κ2) is 6.70. The number of aliphatic hydroxyl groups is 1. The summed E-state index contributed by atoms with van der Waals surface area (Å²) in [6.07, 6.45) is 4.93. The molecule has 0 aromatic carbocycles. The van der Waals surface area contributed by atoms with Gasteiger partial charge in [-0.2, -0.15) is 11.8 Å². The van der Waals surface area contributed by atoms with Crippen molar-refractivity contribution in [2.45, 2.75) is 36.6 Å². The molecule has 0 radical (unpaired) electrons. The fraction of sp³-hybridized carbons (Fsp3) is 0.800. The first-order chi connectivity index (χ1) is 8.06. The molecule has 0 bridgehead atoms. The van der Waals surface area contributed by atoms with Crippen molar-refractivity contribution >= 4 is 23.8 Å². The summed E-state index contributed by atoms with van der Waals surface area (Å²) in [6, 6.07) is -1.67. The summed E-state index contributed by atoms with van der Waals surface area (Å²) in [4.78, 5) is 22.1. The van der Waals surface area contributed by atoms with Gasteiger partial charge in [-0.15, -0.1) is 0 Å². The predicted octanol–water partition coefficient (Wildman–Crippen LogP) is 0.0152. The Bertz CT molecular complexity index is 287. The van der Waals surface area contributed by atoms with Gasteiger partial charge >= 0.3 is 12.0 Å². The standard InChI is InChI=1S/C10H18N2O4S/c1-17-7-3-2-6(4-7)11-10(16)12-8(5-13)9(14)15/h6-8,13H,2-5H2,1H3,(H,14,15)(H2,11,12,16). The summed E-state index contributed by atoms with van der Waals surface area (Å²) in [7, 11) is 0. The molecule has 1 rings (SSSR count). The van der Waals surface area contributed by atoms with Crippen LogP contribution in [0.2, 0.25) is 0 Å². The van der Waals surface area contributed by atoms with E-state index in [1.54, 1.807) is 11.8 Å². The highest BCUT2D eigenvalue weighted by Crippen LogP contribution is 2.27. The van der Waals surface area contributed by atoms with E-state index in [2.05, 4.69) is 10.6 Å². The van der Waals surface area contributed by atoms with Crippen LogP contribution in [0.25, 0.3) is 0 Å². The zero-order chi connectivity index (χ0) is 12.8.